The highest BCUT2D eigenvalue weighted by molar-refractivity contribution is 6.04. The Bertz CT molecular complexity index is 1200. The summed E-state index contributed by atoms with van der Waals surface area (Å²) in [6.45, 7) is 7.41. The van der Waals surface area contributed by atoms with Gasteiger partial charge in [-0.15, -0.1) is 0 Å². The van der Waals surface area contributed by atoms with E-state index in [2.05, 4.69) is 45.1 Å². The molecule has 0 bridgehead atoms. The zero-order valence-electron chi connectivity index (χ0n) is 21.3. The third-order valence-corrected chi connectivity index (χ3v) is 7.53. The second kappa shape index (κ2) is 11.1. The first-order chi connectivity index (χ1) is 17.6. The molecule has 2 fully saturated rings. The molecule has 36 heavy (non-hydrogen) atoms. The van der Waals surface area contributed by atoms with Crippen LogP contribution in [0, 0.1) is 12.8 Å². The van der Waals surface area contributed by atoms with E-state index in [0.29, 0.717) is 23.1 Å². The van der Waals surface area contributed by atoms with E-state index in [1.54, 1.807) is 19.5 Å². The van der Waals surface area contributed by atoms with Gasteiger partial charge in [0.1, 0.15) is 5.75 Å². The van der Waals surface area contributed by atoms with Crippen LogP contribution in [0.4, 0.5) is 0 Å². The van der Waals surface area contributed by atoms with Crippen molar-refractivity contribution in [2.24, 2.45) is 5.92 Å². The van der Waals surface area contributed by atoms with E-state index in [-0.39, 0.29) is 5.78 Å². The van der Waals surface area contributed by atoms with Crippen molar-refractivity contribution in [2.45, 2.75) is 32.1 Å². The van der Waals surface area contributed by atoms with Crippen LogP contribution in [0.5, 0.6) is 5.75 Å². The number of carbonyl (C=O) groups is 1. The molecule has 0 N–H and O–H groups in total. The maximum atomic E-state index is 13.1. The number of aromatic nitrogens is 2. The lowest BCUT2D eigenvalue weighted by atomic mass is 9.88. The summed E-state index contributed by atoms with van der Waals surface area (Å²) in [6.07, 6.45) is 11.4. The molecule has 2 saturated heterocycles. The molecule has 0 amide bonds. The first kappa shape index (κ1) is 24.3. The van der Waals surface area contributed by atoms with Gasteiger partial charge in [0.25, 0.3) is 0 Å². The van der Waals surface area contributed by atoms with Crippen LogP contribution in [0.1, 0.15) is 46.8 Å². The summed E-state index contributed by atoms with van der Waals surface area (Å²) in [7, 11) is 1.63. The number of rotatable bonds is 8. The lowest BCUT2D eigenvalue weighted by molar-refractivity contribution is 0.104. The first-order valence-electron chi connectivity index (χ1n) is 13.0. The second-order valence-electron chi connectivity index (χ2n) is 10.1. The van der Waals surface area contributed by atoms with Gasteiger partial charge in [-0.2, -0.15) is 0 Å². The molecule has 0 aliphatic carbocycles. The molecule has 0 spiro atoms. The summed E-state index contributed by atoms with van der Waals surface area (Å²) >= 11 is 0. The van der Waals surface area contributed by atoms with Crippen LogP contribution in [0.15, 0.2) is 73.3 Å². The Morgan fingerprint density at radius 2 is 1.89 bits per heavy atom. The van der Waals surface area contributed by atoms with Crippen molar-refractivity contribution in [3.05, 3.63) is 90.2 Å². The molecule has 0 radical (unpaired) electrons. The van der Waals surface area contributed by atoms with Crippen molar-refractivity contribution in [1.82, 2.24) is 19.4 Å². The molecular formula is C30H36N4O2. The van der Waals surface area contributed by atoms with Crippen LogP contribution in [0.3, 0.4) is 0 Å². The average Bonchev–Trinajstić information content (AvgIpc) is 3.54. The van der Waals surface area contributed by atoms with E-state index >= 15 is 0 Å². The highest BCUT2D eigenvalue weighted by atomic mass is 16.5. The Labute approximate surface area is 214 Å². The summed E-state index contributed by atoms with van der Waals surface area (Å²) in [5, 5.41) is 0. The van der Waals surface area contributed by atoms with Gasteiger partial charge in [-0.3, -0.25) is 4.79 Å². The number of hydrogen-bond donors (Lipinski definition) is 0. The van der Waals surface area contributed by atoms with Gasteiger partial charge in [0.2, 0.25) is 0 Å². The third-order valence-electron chi connectivity index (χ3n) is 7.53. The fourth-order valence-electron chi connectivity index (χ4n) is 5.63. The molecule has 0 saturated carbocycles. The SMILES string of the molecule is COc1cc(C(=O)C=CN2C[C@H](CN3CCCCC3)[C@@H](c3ccccc3)C2)ccc1-n1cnc(C)c1. The molecule has 1 aromatic heterocycles. The normalized spacial score (nSPS) is 20.8. The van der Waals surface area contributed by atoms with E-state index in [9.17, 15) is 4.79 Å². The van der Waals surface area contributed by atoms with Gasteiger partial charge in [0.15, 0.2) is 5.78 Å². The van der Waals surface area contributed by atoms with E-state index in [1.165, 1.54) is 37.9 Å². The van der Waals surface area contributed by atoms with Crippen molar-refractivity contribution < 1.29 is 9.53 Å². The predicted molar refractivity (Wildman–Crippen MR) is 143 cm³/mol. The van der Waals surface area contributed by atoms with E-state index < -0.39 is 0 Å². The highest BCUT2D eigenvalue weighted by Gasteiger charge is 2.34. The molecule has 6 nitrogen and oxygen atoms in total. The monoisotopic (exact) mass is 484 g/mol. The van der Waals surface area contributed by atoms with E-state index in [1.807, 2.05) is 42.1 Å². The van der Waals surface area contributed by atoms with Crippen LogP contribution in [0.25, 0.3) is 5.69 Å². The van der Waals surface area contributed by atoms with Crippen LogP contribution in [0.2, 0.25) is 0 Å². The standard InChI is InChI=1S/C30H36N4O2/c1-23-18-34(22-31-23)28-12-11-25(17-30(28)36-2)29(35)13-16-33-20-26(19-32-14-7-4-8-15-32)27(21-33)24-9-5-3-6-10-24/h3,5-6,9-13,16-18,22,26-27H,4,7-8,14-15,19-21H2,1-2H3/t26-,27+/m0/s1. The maximum absolute atomic E-state index is 13.1. The van der Waals surface area contributed by atoms with Gasteiger partial charge < -0.3 is 19.1 Å². The lowest BCUT2D eigenvalue weighted by Gasteiger charge is -2.31. The summed E-state index contributed by atoms with van der Waals surface area (Å²) in [6, 6.07) is 16.4. The van der Waals surface area contributed by atoms with Crippen LogP contribution < -0.4 is 4.74 Å². The molecule has 5 rings (SSSR count). The number of carbonyl (C=O) groups excluding carboxylic acids is 1. The van der Waals surface area contributed by atoms with Crippen molar-refractivity contribution in [3.63, 3.8) is 0 Å². The minimum Gasteiger partial charge on any atom is -0.495 e. The van der Waals surface area contributed by atoms with Crippen LogP contribution in [-0.4, -0.2) is 65.0 Å². The molecule has 2 aromatic carbocycles. The Morgan fingerprint density at radius 1 is 1.08 bits per heavy atom. The molecule has 0 unspecified atom stereocenters. The molecule has 2 aliphatic heterocycles. The zero-order chi connectivity index (χ0) is 24.9. The van der Waals surface area contributed by atoms with E-state index in [4.69, 9.17) is 4.74 Å². The molecule has 6 heteroatoms. The van der Waals surface area contributed by atoms with Gasteiger partial charge in [0.05, 0.1) is 24.8 Å². The zero-order valence-corrected chi connectivity index (χ0v) is 21.3. The first-order valence-corrected chi connectivity index (χ1v) is 13.0. The Kier molecular flexibility index (Phi) is 7.52. The Morgan fingerprint density at radius 3 is 2.61 bits per heavy atom. The highest BCUT2D eigenvalue weighted by Crippen LogP contribution is 2.34. The molecule has 188 valence electrons. The van der Waals surface area contributed by atoms with Crippen LogP contribution >= 0.6 is 0 Å². The number of methoxy groups -OCH3 is 1. The Hall–Kier alpha value is -3.38. The number of benzene rings is 2. The summed E-state index contributed by atoms with van der Waals surface area (Å²) in [5.74, 6) is 1.67. The second-order valence-corrected chi connectivity index (χ2v) is 10.1. The third kappa shape index (κ3) is 5.54. The number of piperidine rings is 1. The molecule has 2 atom stereocenters. The number of likely N-dealkylation sites (tertiary alicyclic amines) is 2. The molecule has 2 aliphatic rings. The van der Waals surface area contributed by atoms with Crippen molar-refractivity contribution in [2.75, 3.05) is 39.8 Å². The van der Waals surface area contributed by atoms with Crippen molar-refractivity contribution >= 4 is 5.78 Å². The summed E-state index contributed by atoms with van der Waals surface area (Å²) < 4.78 is 7.50. The number of allylic oxidation sites excluding steroid dienone is 1. The number of ketones is 1. The quantitative estimate of drug-likeness (QED) is 0.329. The van der Waals surface area contributed by atoms with Gasteiger partial charge in [-0.1, -0.05) is 36.8 Å². The van der Waals surface area contributed by atoms with Crippen molar-refractivity contribution in [3.8, 4) is 11.4 Å². The number of aryl methyl sites for hydroxylation is 1. The average molecular weight is 485 g/mol. The van der Waals surface area contributed by atoms with E-state index in [0.717, 1.165) is 31.0 Å². The van der Waals surface area contributed by atoms with Gasteiger partial charge in [-0.05, 0) is 62.5 Å². The Balaban J connectivity index is 1.29. The fraction of sp³-hybridized carbons (Fsp3) is 0.400. The van der Waals surface area contributed by atoms with Gasteiger partial charge in [-0.25, -0.2) is 4.98 Å². The van der Waals surface area contributed by atoms with Gasteiger partial charge in [0, 0.05) is 49.6 Å². The minimum atomic E-state index is -0.0163. The largest absolute Gasteiger partial charge is 0.495 e. The fourth-order valence-corrected chi connectivity index (χ4v) is 5.63. The number of imidazole rings is 1. The molecule has 3 heterocycles. The topological polar surface area (TPSA) is 50.6 Å². The molecule has 3 aromatic rings. The minimum absolute atomic E-state index is 0.0163. The smallest absolute Gasteiger partial charge is 0.187 e. The number of hydrogen-bond acceptors (Lipinski definition) is 5. The number of ether oxygens (including phenoxy) is 1. The summed E-state index contributed by atoms with van der Waals surface area (Å²) in [5.41, 5.74) is 3.81. The van der Waals surface area contributed by atoms with Crippen molar-refractivity contribution in [1.29, 1.82) is 0 Å². The summed E-state index contributed by atoms with van der Waals surface area (Å²) in [4.78, 5) is 22.3. The lowest BCUT2D eigenvalue weighted by Crippen LogP contribution is -2.36. The number of nitrogens with zero attached hydrogens (tertiary/aromatic N) is 4. The predicted octanol–water partition coefficient (Wildman–Crippen LogP) is 5.09. The van der Waals surface area contributed by atoms with Crippen LogP contribution in [-0.2, 0) is 0 Å². The maximum Gasteiger partial charge on any atom is 0.187 e. The molecular weight excluding hydrogens is 448 g/mol. The van der Waals surface area contributed by atoms with Gasteiger partial charge >= 0.3 is 0 Å².